The molecule has 1 N–H and O–H groups in total. The molecule has 0 aliphatic carbocycles. The number of carbonyl (C=O) groups excluding carboxylic acids is 5. The minimum Gasteiger partial charge on any atom is -0.463 e. The van der Waals surface area contributed by atoms with Crippen molar-refractivity contribution < 1.29 is 52.4 Å². The summed E-state index contributed by atoms with van der Waals surface area (Å²) < 4.78 is 32.0. The van der Waals surface area contributed by atoms with Crippen LogP contribution in [0.3, 0.4) is 0 Å². The molecule has 1 aliphatic heterocycles. The first-order chi connectivity index (χ1) is 14.0. The minimum atomic E-state index is -1.41. The van der Waals surface area contributed by atoms with Crippen LogP contribution >= 0.6 is 0 Å². The Balaban J connectivity index is 3.56. The second kappa shape index (κ2) is 11.5. The number of rotatable bonds is 7. The lowest BCUT2D eigenvalue weighted by atomic mass is 9.98. The molecule has 170 valence electrons. The van der Waals surface area contributed by atoms with Gasteiger partial charge in [0.2, 0.25) is 5.91 Å². The van der Waals surface area contributed by atoms with Gasteiger partial charge in [-0.2, -0.15) is 0 Å². The van der Waals surface area contributed by atoms with Crippen molar-refractivity contribution in [2.24, 2.45) is 0 Å². The summed E-state index contributed by atoms with van der Waals surface area (Å²) in [6.45, 7) is 5.30. The van der Waals surface area contributed by atoms with Gasteiger partial charge < -0.3 is 33.7 Å². The quantitative estimate of drug-likeness (QED) is 0.397. The Morgan fingerprint density at radius 2 is 1.27 bits per heavy atom. The van der Waals surface area contributed by atoms with Crippen LogP contribution in [0.2, 0.25) is 0 Å². The molecule has 0 saturated carbocycles. The summed E-state index contributed by atoms with van der Waals surface area (Å²) in [5.74, 6) is -3.47. The Bertz CT molecular complexity index is 665. The van der Waals surface area contributed by atoms with Crippen LogP contribution in [-0.2, 0) is 52.4 Å². The fraction of sp³-hybridized carbons (Fsp3) is 0.722. The van der Waals surface area contributed by atoms with Crippen molar-refractivity contribution >= 4 is 29.8 Å². The van der Waals surface area contributed by atoms with Gasteiger partial charge in [-0.1, -0.05) is 0 Å². The normalized spacial score (nSPS) is 28.5. The summed E-state index contributed by atoms with van der Waals surface area (Å²) in [4.78, 5) is 58.4. The van der Waals surface area contributed by atoms with Gasteiger partial charge in [-0.05, 0) is 0 Å². The van der Waals surface area contributed by atoms with Gasteiger partial charge in [-0.15, -0.1) is 0 Å². The molecule has 1 aliphatic rings. The maximum atomic E-state index is 11.8. The summed E-state index contributed by atoms with van der Waals surface area (Å²) >= 11 is 0. The van der Waals surface area contributed by atoms with E-state index < -0.39 is 73.1 Å². The van der Waals surface area contributed by atoms with Gasteiger partial charge in [0.15, 0.2) is 24.6 Å². The van der Waals surface area contributed by atoms with E-state index in [1.807, 2.05) is 0 Å². The Morgan fingerprint density at radius 1 is 0.767 bits per heavy atom. The molecule has 1 amide bonds. The first-order valence-corrected chi connectivity index (χ1v) is 9.06. The minimum absolute atomic E-state index is 0.398. The topological polar surface area (TPSA) is 153 Å². The van der Waals surface area contributed by atoms with Crippen LogP contribution in [0, 0.1) is 0 Å². The monoisotopic (exact) mass is 433 g/mol. The smallest absolute Gasteiger partial charge is 0.303 e. The Hall–Kier alpha value is -2.73. The van der Waals surface area contributed by atoms with Crippen LogP contribution in [0.15, 0.2) is 0 Å². The average molecular weight is 433 g/mol. The lowest BCUT2D eigenvalue weighted by molar-refractivity contribution is -0.209. The summed E-state index contributed by atoms with van der Waals surface area (Å²) in [7, 11) is 1.26. The predicted molar refractivity (Wildman–Crippen MR) is 96.6 cm³/mol. The van der Waals surface area contributed by atoms with Crippen LogP contribution in [0.4, 0.5) is 0 Å². The van der Waals surface area contributed by atoms with Crippen molar-refractivity contribution in [3.8, 4) is 0 Å². The molecule has 1 rings (SSSR count). The van der Waals surface area contributed by atoms with Crippen LogP contribution < -0.4 is 5.32 Å². The molecule has 1 fully saturated rings. The molecule has 6 atom stereocenters. The standard InChI is InChI=1S/C18H27NO11/c1-8(20)19-14-16(28-11(4)23)17(29-12(5)24)15(27-10(3)22)13(7-26-9(2)21)30-18(14)25-6/h13-18H,7H2,1-6H3,(H,19,20)/t13-,14-,15-,16-,17+,18-/m1/s1. The highest BCUT2D eigenvalue weighted by atomic mass is 16.7. The lowest BCUT2D eigenvalue weighted by Gasteiger charge is -2.34. The highest BCUT2D eigenvalue weighted by Crippen LogP contribution is 2.29. The number of carbonyl (C=O) groups is 5. The van der Waals surface area contributed by atoms with Crippen molar-refractivity contribution in [2.75, 3.05) is 13.7 Å². The molecule has 30 heavy (non-hydrogen) atoms. The van der Waals surface area contributed by atoms with Gasteiger partial charge >= 0.3 is 23.9 Å². The largest absolute Gasteiger partial charge is 0.463 e. The van der Waals surface area contributed by atoms with Crippen LogP contribution in [0.25, 0.3) is 0 Å². The van der Waals surface area contributed by atoms with E-state index in [4.69, 9.17) is 28.4 Å². The van der Waals surface area contributed by atoms with Gasteiger partial charge in [-0.25, -0.2) is 0 Å². The lowest BCUT2D eigenvalue weighted by Crippen LogP contribution is -2.58. The molecule has 12 heteroatoms. The Morgan fingerprint density at radius 3 is 1.70 bits per heavy atom. The SMILES string of the molecule is CO[C@@H]1O[C@H](COC(C)=O)[C@@H](OC(C)=O)[C@H](OC(C)=O)[C@H](OC(C)=O)[C@H]1NC(C)=O. The molecule has 0 aromatic carbocycles. The van der Waals surface area contributed by atoms with Crippen LogP contribution in [0.1, 0.15) is 34.6 Å². The highest BCUT2D eigenvalue weighted by molar-refractivity contribution is 5.73. The first-order valence-electron chi connectivity index (χ1n) is 9.06. The van der Waals surface area contributed by atoms with Gasteiger partial charge in [0, 0.05) is 41.7 Å². The first kappa shape index (κ1) is 25.3. The molecular weight excluding hydrogens is 406 g/mol. The van der Waals surface area contributed by atoms with Crippen LogP contribution in [-0.4, -0.2) is 80.2 Å². The number of methoxy groups -OCH3 is 1. The van der Waals surface area contributed by atoms with Crippen molar-refractivity contribution in [3.05, 3.63) is 0 Å². The van der Waals surface area contributed by atoms with Crippen molar-refractivity contribution in [1.29, 1.82) is 0 Å². The number of esters is 4. The van der Waals surface area contributed by atoms with Gasteiger partial charge in [0.1, 0.15) is 18.8 Å². The molecule has 0 bridgehead atoms. The maximum absolute atomic E-state index is 11.8. The zero-order chi connectivity index (χ0) is 23.0. The molecule has 0 spiro atoms. The number of nitrogens with one attached hydrogen (secondary N) is 1. The summed E-state index contributed by atoms with van der Waals surface area (Å²) in [5.41, 5.74) is 0. The van der Waals surface area contributed by atoms with E-state index in [1.54, 1.807) is 0 Å². The molecule has 0 aromatic rings. The molecule has 0 radical (unpaired) electrons. The number of amides is 1. The Labute approximate surface area is 173 Å². The van der Waals surface area contributed by atoms with Gasteiger partial charge in [0.25, 0.3) is 0 Å². The van der Waals surface area contributed by atoms with E-state index in [2.05, 4.69) is 5.32 Å². The third-order valence-corrected chi connectivity index (χ3v) is 3.93. The zero-order valence-electron chi connectivity index (χ0n) is 17.7. The van der Waals surface area contributed by atoms with E-state index in [1.165, 1.54) is 14.0 Å². The summed E-state index contributed by atoms with van der Waals surface area (Å²) in [6.07, 6.45) is -6.53. The number of hydrogen-bond acceptors (Lipinski definition) is 11. The second-order valence-electron chi connectivity index (χ2n) is 6.53. The van der Waals surface area contributed by atoms with Gasteiger partial charge in [0.05, 0.1) is 0 Å². The third kappa shape index (κ3) is 7.59. The fourth-order valence-electron chi connectivity index (χ4n) is 3.01. The molecule has 12 nitrogen and oxygen atoms in total. The van der Waals surface area contributed by atoms with E-state index >= 15 is 0 Å². The van der Waals surface area contributed by atoms with E-state index in [0.717, 1.165) is 27.7 Å². The average Bonchev–Trinajstić information content (AvgIpc) is 2.69. The highest BCUT2D eigenvalue weighted by Gasteiger charge is 2.53. The van der Waals surface area contributed by atoms with Crippen molar-refractivity contribution in [2.45, 2.75) is 71.4 Å². The molecule has 0 unspecified atom stereocenters. The van der Waals surface area contributed by atoms with E-state index in [-0.39, 0.29) is 0 Å². The van der Waals surface area contributed by atoms with Crippen molar-refractivity contribution in [1.82, 2.24) is 5.32 Å². The van der Waals surface area contributed by atoms with E-state index in [0.29, 0.717) is 0 Å². The second-order valence-corrected chi connectivity index (χ2v) is 6.53. The number of hydrogen-bond donors (Lipinski definition) is 1. The van der Waals surface area contributed by atoms with Crippen LogP contribution in [0.5, 0.6) is 0 Å². The van der Waals surface area contributed by atoms with Gasteiger partial charge in [-0.3, -0.25) is 24.0 Å². The fourth-order valence-corrected chi connectivity index (χ4v) is 3.01. The molecule has 0 aromatic heterocycles. The maximum Gasteiger partial charge on any atom is 0.303 e. The van der Waals surface area contributed by atoms with E-state index in [9.17, 15) is 24.0 Å². The summed E-state index contributed by atoms with van der Waals surface area (Å²) in [5, 5.41) is 2.54. The zero-order valence-corrected chi connectivity index (χ0v) is 17.7. The molecule has 1 heterocycles. The van der Waals surface area contributed by atoms with Crippen molar-refractivity contribution in [3.63, 3.8) is 0 Å². The third-order valence-electron chi connectivity index (χ3n) is 3.93. The number of ether oxygens (including phenoxy) is 6. The Kier molecular flexibility index (Phi) is 9.66. The predicted octanol–water partition coefficient (Wildman–Crippen LogP) is -0.779. The molecular formula is C18H27NO11. The summed E-state index contributed by atoms with van der Waals surface area (Å²) in [6, 6.07) is -1.15. The molecule has 1 saturated heterocycles.